The van der Waals surface area contributed by atoms with Gasteiger partial charge in [0.05, 0.1) is 0 Å². The second-order valence-corrected chi connectivity index (χ2v) is 3.31. The summed E-state index contributed by atoms with van der Waals surface area (Å²) >= 11 is 0. The summed E-state index contributed by atoms with van der Waals surface area (Å²) in [5.41, 5.74) is 1.01. The molecule has 2 aromatic rings. The lowest BCUT2D eigenvalue weighted by Gasteiger charge is -2.08. The number of rotatable bonds is 2. The lowest BCUT2D eigenvalue weighted by atomic mass is 10.2. The van der Waals surface area contributed by atoms with Crippen molar-refractivity contribution < 1.29 is 9.84 Å². The minimum Gasteiger partial charge on any atom is -0.453 e. The molecule has 0 bridgehead atoms. The standard InChI is InChI=1S/C13H11O2/c1-10-6-2-4-8-12(10)15-13-9-5-3-7-11(13)14/h2-9H,1H3. The molecular weight excluding hydrogens is 188 g/mol. The predicted octanol–water partition coefficient (Wildman–Crippen LogP) is 3.93. The van der Waals surface area contributed by atoms with Gasteiger partial charge in [0.15, 0.2) is 5.75 Å². The highest BCUT2D eigenvalue weighted by atomic mass is 16.5. The molecule has 2 heteroatoms. The van der Waals surface area contributed by atoms with Crippen molar-refractivity contribution in [2.24, 2.45) is 0 Å². The molecule has 0 saturated heterocycles. The van der Waals surface area contributed by atoms with Crippen molar-refractivity contribution in [3.05, 3.63) is 54.1 Å². The highest BCUT2D eigenvalue weighted by Crippen LogP contribution is 2.31. The fraction of sp³-hybridized carbons (Fsp3) is 0.0769. The van der Waals surface area contributed by atoms with Crippen molar-refractivity contribution in [1.29, 1.82) is 0 Å². The first-order valence-electron chi connectivity index (χ1n) is 4.77. The first-order valence-corrected chi connectivity index (χ1v) is 4.77. The largest absolute Gasteiger partial charge is 0.453 e. The molecule has 75 valence electrons. The average Bonchev–Trinajstić information content (AvgIpc) is 2.24. The van der Waals surface area contributed by atoms with Crippen molar-refractivity contribution in [1.82, 2.24) is 0 Å². The maximum absolute atomic E-state index is 11.4. The van der Waals surface area contributed by atoms with Crippen molar-refractivity contribution in [3.8, 4) is 17.2 Å². The van der Waals surface area contributed by atoms with Crippen LogP contribution in [0.3, 0.4) is 0 Å². The van der Waals surface area contributed by atoms with Crippen LogP contribution in [0, 0.1) is 6.92 Å². The molecule has 0 aliphatic heterocycles. The molecule has 0 amide bonds. The van der Waals surface area contributed by atoms with E-state index < -0.39 is 0 Å². The molecule has 0 aliphatic carbocycles. The van der Waals surface area contributed by atoms with E-state index in [4.69, 9.17) is 4.74 Å². The number of ether oxygens (including phenoxy) is 1. The number of benzene rings is 2. The summed E-state index contributed by atoms with van der Waals surface area (Å²) in [6, 6.07) is 14.3. The fourth-order valence-corrected chi connectivity index (χ4v) is 1.32. The van der Waals surface area contributed by atoms with Gasteiger partial charge < -0.3 is 4.74 Å². The molecule has 0 heterocycles. The fourth-order valence-electron chi connectivity index (χ4n) is 1.32. The van der Waals surface area contributed by atoms with E-state index in [1.807, 2.05) is 31.2 Å². The minimum atomic E-state index is -0.0965. The first-order chi connectivity index (χ1) is 7.27. The summed E-state index contributed by atoms with van der Waals surface area (Å²) in [5.74, 6) is 0.994. The third-order valence-corrected chi connectivity index (χ3v) is 2.16. The monoisotopic (exact) mass is 199 g/mol. The van der Waals surface area contributed by atoms with Crippen LogP contribution >= 0.6 is 0 Å². The lowest BCUT2D eigenvalue weighted by molar-refractivity contribution is 0.328. The Balaban J connectivity index is 2.30. The molecule has 0 aromatic heterocycles. The van der Waals surface area contributed by atoms with Crippen molar-refractivity contribution >= 4 is 0 Å². The van der Waals surface area contributed by atoms with Crippen LogP contribution < -0.4 is 4.74 Å². The van der Waals surface area contributed by atoms with Crippen LogP contribution in [0.15, 0.2) is 48.5 Å². The van der Waals surface area contributed by atoms with E-state index in [0.29, 0.717) is 5.75 Å². The van der Waals surface area contributed by atoms with Gasteiger partial charge in [-0.25, -0.2) is 0 Å². The van der Waals surface area contributed by atoms with E-state index in [2.05, 4.69) is 0 Å². The van der Waals surface area contributed by atoms with Crippen LogP contribution in [0.5, 0.6) is 17.2 Å². The van der Waals surface area contributed by atoms with Crippen molar-refractivity contribution in [3.63, 3.8) is 0 Å². The van der Waals surface area contributed by atoms with Crippen LogP contribution in [0.1, 0.15) is 5.56 Å². The Labute approximate surface area is 88.8 Å². The molecule has 2 rings (SSSR count). The Kier molecular flexibility index (Phi) is 2.59. The van der Waals surface area contributed by atoms with Gasteiger partial charge in [-0.2, -0.15) is 0 Å². The summed E-state index contributed by atoms with van der Waals surface area (Å²) < 4.78 is 5.53. The van der Waals surface area contributed by atoms with E-state index >= 15 is 0 Å². The molecular formula is C13H11O2. The second-order valence-electron chi connectivity index (χ2n) is 3.31. The van der Waals surface area contributed by atoms with Gasteiger partial charge in [0.25, 0.3) is 0 Å². The molecule has 0 aliphatic rings. The molecule has 1 radical (unpaired) electrons. The molecule has 0 spiro atoms. The van der Waals surface area contributed by atoms with Gasteiger partial charge in [0.2, 0.25) is 5.75 Å². The van der Waals surface area contributed by atoms with E-state index in [9.17, 15) is 5.11 Å². The molecule has 15 heavy (non-hydrogen) atoms. The minimum absolute atomic E-state index is 0.0965. The number of hydrogen-bond donors (Lipinski definition) is 0. The molecule has 0 N–H and O–H groups in total. The van der Waals surface area contributed by atoms with Crippen LogP contribution in [0.4, 0.5) is 0 Å². The van der Waals surface area contributed by atoms with Crippen LogP contribution in [-0.4, -0.2) is 0 Å². The molecule has 2 nitrogen and oxygen atoms in total. The normalized spacial score (nSPS) is 9.93. The van der Waals surface area contributed by atoms with E-state index in [1.165, 1.54) is 6.07 Å². The Morgan fingerprint density at radius 3 is 2.13 bits per heavy atom. The van der Waals surface area contributed by atoms with E-state index in [0.717, 1.165) is 11.3 Å². The predicted molar refractivity (Wildman–Crippen MR) is 57.8 cm³/mol. The van der Waals surface area contributed by atoms with Crippen molar-refractivity contribution in [2.45, 2.75) is 6.92 Å². The Hall–Kier alpha value is -1.96. The lowest BCUT2D eigenvalue weighted by Crippen LogP contribution is -1.86. The molecule has 2 aromatic carbocycles. The number of hydrogen-bond acceptors (Lipinski definition) is 1. The van der Waals surface area contributed by atoms with Crippen LogP contribution in [0.25, 0.3) is 0 Å². The molecule has 0 atom stereocenters. The number of para-hydroxylation sites is 3. The maximum Gasteiger partial charge on any atom is 0.221 e. The van der Waals surface area contributed by atoms with Gasteiger partial charge in [-0.3, -0.25) is 5.11 Å². The van der Waals surface area contributed by atoms with Crippen molar-refractivity contribution in [2.75, 3.05) is 0 Å². The zero-order valence-corrected chi connectivity index (χ0v) is 8.44. The zero-order valence-electron chi connectivity index (χ0n) is 8.44. The van der Waals surface area contributed by atoms with E-state index in [1.54, 1.807) is 18.2 Å². The second kappa shape index (κ2) is 4.05. The average molecular weight is 199 g/mol. The van der Waals surface area contributed by atoms with Gasteiger partial charge in [0, 0.05) is 0 Å². The Morgan fingerprint density at radius 1 is 0.867 bits per heavy atom. The maximum atomic E-state index is 11.4. The van der Waals surface area contributed by atoms with Gasteiger partial charge in [-0.15, -0.1) is 0 Å². The first kappa shape index (κ1) is 9.59. The van der Waals surface area contributed by atoms with E-state index in [-0.39, 0.29) is 5.75 Å². The van der Waals surface area contributed by atoms with Gasteiger partial charge in [-0.05, 0) is 30.7 Å². The summed E-state index contributed by atoms with van der Waals surface area (Å²) in [6.45, 7) is 1.95. The van der Waals surface area contributed by atoms with Gasteiger partial charge >= 0.3 is 0 Å². The summed E-state index contributed by atoms with van der Waals surface area (Å²) in [4.78, 5) is 0. The molecule has 0 saturated carbocycles. The summed E-state index contributed by atoms with van der Waals surface area (Å²) in [7, 11) is 0. The van der Waals surface area contributed by atoms with Gasteiger partial charge in [-0.1, -0.05) is 30.3 Å². The highest BCUT2D eigenvalue weighted by molar-refractivity contribution is 5.43. The van der Waals surface area contributed by atoms with Gasteiger partial charge in [0.1, 0.15) is 5.75 Å². The third kappa shape index (κ3) is 2.10. The molecule has 0 fully saturated rings. The quantitative estimate of drug-likeness (QED) is 0.720. The zero-order chi connectivity index (χ0) is 10.7. The molecule has 0 unspecified atom stereocenters. The topological polar surface area (TPSA) is 29.1 Å². The van der Waals surface area contributed by atoms with Crippen LogP contribution in [0.2, 0.25) is 0 Å². The smallest absolute Gasteiger partial charge is 0.221 e. The Bertz CT molecular complexity index is 420. The Morgan fingerprint density at radius 2 is 1.47 bits per heavy atom. The van der Waals surface area contributed by atoms with Crippen LogP contribution in [-0.2, 0) is 5.11 Å². The third-order valence-electron chi connectivity index (χ3n) is 2.16. The number of aryl methyl sites for hydroxylation is 1. The highest BCUT2D eigenvalue weighted by Gasteiger charge is 2.05. The SMILES string of the molecule is Cc1ccccc1Oc1ccccc1[O]. The summed E-state index contributed by atoms with van der Waals surface area (Å²) in [5, 5.41) is 11.4. The summed E-state index contributed by atoms with van der Waals surface area (Å²) in [6.07, 6.45) is 0.